The third-order valence-electron chi connectivity index (χ3n) is 4.04. The molecule has 7 heteroatoms. The van der Waals surface area contributed by atoms with Gasteiger partial charge in [0.05, 0.1) is 24.9 Å². The molecular formula is C19H32N4O3. The van der Waals surface area contributed by atoms with Gasteiger partial charge in [0.2, 0.25) is 0 Å². The number of benzene rings is 1. The van der Waals surface area contributed by atoms with Crippen LogP contribution in [-0.2, 0) is 4.74 Å². The van der Waals surface area contributed by atoms with E-state index in [1.807, 2.05) is 58.9 Å². The molecular weight excluding hydrogens is 332 g/mol. The summed E-state index contributed by atoms with van der Waals surface area (Å²) in [6, 6.07) is 7.45. The Morgan fingerprint density at radius 2 is 1.81 bits per heavy atom. The molecule has 0 fully saturated rings. The standard InChI is InChI=1S/C19H32N4O3/c1-7-19(8-2,23-17(24)26-18(3,4)5)13-21-16(20)22-14-11-9-10-12-15(14)25-6/h9-12H,7-8,13H2,1-6H3,(H,23,24)(H3,20,21,22). The Morgan fingerprint density at radius 3 is 2.35 bits per heavy atom. The largest absolute Gasteiger partial charge is 0.495 e. The average Bonchev–Trinajstić information content (AvgIpc) is 2.57. The van der Waals surface area contributed by atoms with Crippen molar-refractivity contribution in [3.8, 4) is 5.75 Å². The summed E-state index contributed by atoms with van der Waals surface area (Å²) in [5.41, 5.74) is 5.68. The van der Waals surface area contributed by atoms with E-state index >= 15 is 0 Å². The van der Waals surface area contributed by atoms with Crippen LogP contribution in [0.4, 0.5) is 10.5 Å². The number of alkyl carbamates (subject to hydrolysis) is 1. The second-order valence-electron chi connectivity index (χ2n) is 7.14. The van der Waals surface area contributed by atoms with Crippen molar-refractivity contribution in [2.75, 3.05) is 19.0 Å². The number of hydrogen-bond acceptors (Lipinski definition) is 4. The van der Waals surface area contributed by atoms with Crippen LogP contribution in [0.3, 0.4) is 0 Å². The van der Waals surface area contributed by atoms with Crippen LogP contribution in [0.5, 0.6) is 5.75 Å². The summed E-state index contributed by atoms with van der Waals surface area (Å²) in [6.07, 6.45) is 0.954. The number of aliphatic imine (C=N–C) groups is 1. The molecule has 0 heterocycles. The number of rotatable bonds is 7. The fourth-order valence-corrected chi connectivity index (χ4v) is 2.37. The number of carbonyl (C=O) groups excluding carboxylic acids is 1. The molecule has 1 aromatic carbocycles. The number of carbonyl (C=O) groups is 1. The SMILES string of the molecule is CCC(CC)(CN=C(N)Nc1ccccc1OC)NC(=O)OC(C)(C)C. The first-order valence-corrected chi connectivity index (χ1v) is 8.86. The molecule has 0 atom stereocenters. The lowest BCUT2D eigenvalue weighted by molar-refractivity contribution is 0.0452. The van der Waals surface area contributed by atoms with Crippen LogP contribution < -0.4 is 21.1 Å². The van der Waals surface area contributed by atoms with Crippen molar-refractivity contribution in [2.45, 2.75) is 58.6 Å². The Labute approximate surface area is 156 Å². The number of ether oxygens (including phenoxy) is 2. The van der Waals surface area contributed by atoms with Crippen LogP contribution in [0.15, 0.2) is 29.3 Å². The smallest absolute Gasteiger partial charge is 0.408 e. The number of methoxy groups -OCH3 is 1. The highest BCUT2D eigenvalue weighted by molar-refractivity contribution is 5.93. The number of nitrogens with two attached hydrogens (primary N) is 1. The van der Waals surface area contributed by atoms with Crippen molar-refractivity contribution in [3.05, 3.63) is 24.3 Å². The van der Waals surface area contributed by atoms with Gasteiger partial charge in [-0.15, -0.1) is 0 Å². The van der Waals surface area contributed by atoms with Gasteiger partial charge in [-0.25, -0.2) is 4.79 Å². The van der Waals surface area contributed by atoms with E-state index in [1.54, 1.807) is 7.11 Å². The van der Waals surface area contributed by atoms with Crippen LogP contribution in [0.25, 0.3) is 0 Å². The van der Waals surface area contributed by atoms with E-state index in [1.165, 1.54) is 0 Å². The number of para-hydroxylation sites is 2. The maximum absolute atomic E-state index is 12.2. The maximum Gasteiger partial charge on any atom is 0.408 e. The first kappa shape index (κ1) is 21.6. The van der Waals surface area contributed by atoms with Gasteiger partial charge in [-0.3, -0.25) is 4.99 Å². The zero-order valence-corrected chi connectivity index (χ0v) is 16.7. The summed E-state index contributed by atoms with van der Waals surface area (Å²) >= 11 is 0. The summed E-state index contributed by atoms with van der Waals surface area (Å²) in [7, 11) is 1.60. The Morgan fingerprint density at radius 1 is 1.19 bits per heavy atom. The molecule has 4 N–H and O–H groups in total. The lowest BCUT2D eigenvalue weighted by Crippen LogP contribution is -2.52. The van der Waals surface area contributed by atoms with E-state index in [-0.39, 0.29) is 5.96 Å². The molecule has 0 aliphatic rings. The van der Waals surface area contributed by atoms with E-state index in [4.69, 9.17) is 15.2 Å². The molecule has 1 aromatic rings. The van der Waals surface area contributed by atoms with Gasteiger partial charge in [0, 0.05) is 0 Å². The molecule has 0 saturated heterocycles. The van der Waals surface area contributed by atoms with E-state index in [9.17, 15) is 4.79 Å². The van der Waals surface area contributed by atoms with Gasteiger partial charge in [0.25, 0.3) is 0 Å². The summed E-state index contributed by atoms with van der Waals surface area (Å²) in [4.78, 5) is 16.6. The molecule has 1 amide bonds. The van der Waals surface area contributed by atoms with Crippen molar-refractivity contribution in [2.24, 2.45) is 10.7 Å². The number of guanidine groups is 1. The minimum absolute atomic E-state index is 0.256. The van der Waals surface area contributed by atoms with Gasteiger partial charge in [-0.05, 0) is 45.7 Å². The molecule has 0 saturated carbocycles. The average molecular weight is 364 g/mol. The van der Waals surface area contributed by atoms with Crippen molar-refractivity contribution in [3.63, 3.8) is 0 Å². The van der Waals surface area contributed by atoms with E-state index in [2.05, 4.69) is 15.6 Å². The molecule has 0 bridgehead atoms. The van der Waals surface area contributed by atoms with Crippen molar-refractivity contribution >= 4 is 17.7 Å². The lowest BCUT2D eigenvalue weighted by atomic mass is 9.93. The molecule has 26 heavy (non-hydrogen) atoms. The monoisotopic (exact) mass is 364 g/mol. The predicted molar refractivity (Wildman–Crippen MR) is 106 cm³/mol. The minimum atomic E-state index is -0.551. The van der Waals surface area contributed by atoms with Gasteiger partial charge in [-0.2, -0.15) is 0 Å². The number of hydrogen-bond donors (Lipinski definition) is 3. The van der Waals surface area contributed by atoms with Gasteiger partial charge in [0.15, 0.2) is 5.96 Å². The summed E-state index contributed by atoms with van der Waals surface area (Å²) < 4.78 is 10.7. The second kappa shape index (κ2) is 9.31. The molecule has 7 nitrogen and oxygen atoms in total. The highest BCUT2D eigenvalue weighted by atomic mass is 16.6. The van der Waals surface area contributed by atoms with Crippen molar-refractivity contribution in [1.82, 2.24) is 5.32 Å². The third kappa shape index (κ3) is 6.82. The highest BCUT2D eigenvalue weighted by Crippen LogP contribution is 2.23. The first-order chi connectivity index (χ1) is 12.1. The van der Waals surface area contributed by atoms with Gasteiger partial charge < -0.3 is 25.8 Å². The molecule has 0 unspecified atom stereocenters. The quantitative estimate of drug-likeness (QED) is 0.508. The molecule has 0 radical (unpaired) electrons. The van der Waals surface area contributed by atoms with Gasteiger partial charge >= 0.3 is 6.09 Å². The topological polar surface area (TPSA) is 98.0 Å². The Balaban J connectivity index is 2.82. The zero-order valence-electron chi connectivity index (χ0n) is 16.7. The molecule has 1 rings (SSSR count). The van der Waals surface area contributed by atoms with Gasteiger partial charge in [0.1, 0.15) is 11.4 Å². The minimum Gasteiger partial charge on any atom is -0.495 e. The van der Waals surface area contributed by atoms with Crippen LogP contribution in [-0.4, -0.2) is 36.8 Å². The van der Waals surface area contributed by atoms with Crippen molar-refractivity contribution in [1.29, 1.82) is 0 Å². The van der Waals surface area contributed by atoms with E-state index in [0.29, 0.717) is 25.1 Å². The Kier molecular flexibility index (Phi) is 7.74. The third-order valence-corrected chi connectivity index (χ3v) is 4.04. The normalized spacial score (nSPS) is 12.5. The Hall–Kier alpha value is -2.44. The summed E-state index contributed by atoms with van der Waals surface area (Å²) in [5, 5.41) is 5.98. The molecule has 0 aliphatic carbocycles. The van der Waals surface area contributed by atoms with Crippen LogP contribution in [0, 0.1) is 0 Å². The fourth-order valence-electron chi connectivity index (χ4n) is 2.37. The number of nitrogens with zero attached hydrogens (tertiary/aromatic N) is 1. The fraction of sp³-hybridized carbons (Fsp3) is 0.579. The molecule has 146 valence electrons. The summed E-state index contributed by atoms with van der Waals surface area (Å²) in [5.74, 6) is 0.932. The zero-order chi connectivity index (χ0) is 19.8. The first-order valence-electron chi connectivity index (χ1n) is 8.86. The van der Waals surface area contributed by atoms with Crippen LogP contribution >= 0.6 is 0 Å². The molecule has 0 spiro atoms. The highest BCUT2D eigenvalue weighted by Gasteiger charge is 2.30. The molecule has 0 aromatic heterocycles. The molecule has 0 aliphatic heterocycles. The van der Waals surface area contributed by atoms with Gasteiger partial charge in [-0.1, -0.05) is 26.0 Å². The van der Waals surface area contributed by atoms with E-state index in [0.717, 1.165) is 5.69 Å². The maximum atomic E-state index is 12.2. The number of nitrogens with one attached hydrogen (secondary N) is 2. The van der Waals surface area contributed by atoms with Crippen molar-refractivity contribution < 1.29 is 14.3 Å². The predicted octanol–water partition coefficient (Wildman–Crippen LogP) is 3.51. The number of amides is 1. The van der Waals surface area contributed by atoms with Crippen LogP contribution in [0.2, 0.25) is 0 Å². The van der Waals surface area contributed by atoms with E-state index < -0.39 is 17.2 Å². The number of anilines is 1. The lowest BCUT2D eigenvalue weighted by Gasteiger charge is -2.32. The second-order valence-corrected chi connectivity index (χ2v) is 7.14. The van der Waals surface area contributed by atoms with Crippen LogP contribution in [0.1, 0.15) is 47.5 Å². The summed E-state index contributed by atoms with van der Waals surface area (Å²) in [6.45, 7) is 9.84. The Bertz CT molecular complexity index is 619.